The molecule has 8 aromatic rings. The highest BCUT2D eigenvalue weighted by atomic mass is 15.1. The van der Waals surface area contributed by atoms with E-state index in [-0.39, 0.29) is 5.41 Å². The number of hydrogen-bond donors (Lipinski definition) is 0. The molecule has 2 unspecified atom stereocenters. The molecule has 0 aromatic heterocycles. The number of rotatable bonds is 12. The van der Waals surface area contributed by atoms with E-state index in [9.17, 15) is 0 Å². The fourth-order valence-electron chi connectivity index (χ4n) is 11.8. The summed E-state index contributed by atoms with van der Waals surface area (Å²) in [5.41, 5.74) is 16.2. The molecule has 0 fully saturated rings. The van der Waals surface area contributed by atoms with Gasteiger partial charge < -0.3 is 4.90 Å². The topological polar surface area (TPSA) is 3.24 Å². The van der Waals surface area contributed by atoms with E-state index in [0.29, 0.717) is 11.8 Å². The van der Waals surface area contributed by atoms with E-state index in [4.69, 9.17) is 0 Å². The summed E-state index contributed by atoms with van der Waals surface area (Å²) in [7, 11) is 0. The van der Waals surface area contributed by atoms with Crippen molar-refractivity contribution >= 4 is 28.2 Å². The minimum Gasteiger partial charge on any atom is -0.311 e. The molecule has 0 spiro atoms. The lowest BCUT2D eigenvalue weighted by molar-refractivity contribution is 0.304. The minimum absolute atomic E-state index is 0.0643. The predicted octanol–water partition coefficient (Wildman–Crippen LogP) is 17.2. The molecule has 0 saturated heterocycles. The van der Waals surface area contributed by atoms with Crippen molar-refractivity contribution in [1.29, 1.82) is 0 Å². The molecular formula is C66H57N. The van der Waals surface area contributed by atoms with Crippen LogP contribution in [0.15, 0.2) is 254 Å². The van der Waals surface area contributed by atoms with Crippen LogP contribution in [0.2, 0.25) is 0 Å². The van der Waals surface area contributed by atoms with Crippen molar-refractivity contribution in [3.05, 3.63) is 293 Å². The third kappa shape index (κ3) is 7.53. The van der Waals surface area contributed by atoms with Gasteiger partial charge in [-0.2, -0.15) is 0 Å². The first-order valence-corrected chi connectivity index (χ1v) is 24.3. The van der Waals surface area contributed by atoms with Gasteiger partial charge in [-0.05, 0) is 140 Å². The van der Waals surface area contributed by atoms with Gasteiger partial charge in [-0.15, -0.1) is 0 Å². The fraction of sp³-hybridized carbons (Fsp3) is 0.152. The third-order valence-corrected chi connectivity index (χ3v) is 15.2. The van der Waals surface area contributed by atoms with E-state index in [1.54, 1.807) is 0 Å². The SMILES string of the molecule is CCC1(CC)c2cc(N(C3=CCCC=C3)c3ccccc3)ccc2C2C=CC(/C=C/c3ccc4cc(-c5ccc(C(c6ccccc6)(c6ccccc6)c6ccccc6)cc5)ccc4c3)=CC21. The average Bonchev–Trinajstić information content (AvgIpc) is 3.68. The molecule has 0 N–H and O–H groups in total. The largest absolute Gasteiger partial charge is 0.311 e. The van der Waals surface area contributed by atoms with Crippen LogP contribution in [0.5, 0.6) is 0 Å². The van der Waals surface area contributed by atoms with Crippen molar-refractivity contribution < 1.29 is 0 Å². The molecule has 1 heteroatoms. The van der Waals surface area contributed by atoms with Crippen LogP contribution in [0.1, 0.15) is 84.4 Å². The molecule has 0 heterocycles. The van der Waals surface area contributed by atoms with Crippen molar-refractivity contribution in [1.82, 2.24) is 0 Å². The van der Waals surface area contributed by atoms with Crippen LogP contribution in [0.4, 0.5) is 11.4 Å². The average molecular weight is 864 g/mol. The summed E-state index contributed by atoms with van der Waals surface area (Å²) < 4.78 is 0. The van der Waals surface area contributed by atoms with Crippen LogP contribution in [0.25, 0.3) is 28.0 Å². The van der Waals surface area contributed by atoms with E-state index >= 15 is 0 Å². The van der Waals surface area contributed by atoms with Crippen LogP contribution in [0, 0.1) is 5.92 Å². The number of hydrogen-bond acceptors (Lipinski definition) is 1. The van der Waals surface area contributed by atoms with Crippen LogP contribution < -0.4 is 4.90 Å². The normalized spacial score (nSPS) is 17.2. The zero-order valence-electron chi connectivity index (χ0n) is 38.6. The van der Waals surface area contributed by atoms with Crippen LogP contribution in [-0.4, -0.2) is 0 Å². The van der Waals surface area contributed by atoms with Gasteiger partial charge in [0.25, 0.3) is 0 Å². The second-order valence-electron chi connectivity index (χ2n) is 18.6. The number of nitrogens with zero attached hydrogens (tertiary/aromatic N) is 1. The van der Waals surface area contributed by atoms with Gasteiger partial charge >= 0.3 is 0 Å². The molecule has 0 bridgehead atoms. The summed E-state index contributed by atoms with van der Waals surface area (Å²) in [5.74, 6) is 0.789. The molecule has 0 aliphatic heterocycles. The highest BCUT2D eigenvalue weighted by Gasteiger charge is 2.49. The molecule has 3 aliphatic rings. The van der Waals surface area contributed by atoms with Gasteiger partial charge in [-0.3, -0.25) is 0 Å². The number of anilines is 2. The molecule has 0 amide bonds. The summed E-state index contributed by atoms with van der Waals surface area (Å²) in [5, 5.41) is 2.49. The number of benzene rings is 8. The molecular weight excluding hydrogens is 807 g/mol. The lowest BCUT2D eigenvalue weighted by Crippen LogP contribution is -2.31. The predicted molar refractivity (Wildman–Crippen MR) is 284 cm³/mol. The van der Waals surface area contributed by atoms with Crippen molar-refractivity contribution in [2.45, 2.75) is 56.3 Å². The maximum Gasteiger partial charge on any atom is 0.0701 e. The Bertz CT molecular complexity index is 3090. The number of fused-ring (bicyclic) bond motifs is 4. The third-order valence-electron chi connectivity index (χ3n) is 15.2. The second kappa shape index (κ2) is 18.1. The van der Waals surface area contributed by atoms with E-state index in [1.807, 2.05) is 0 Å². The smallest absolute Gasteiger partial charge is 0.0701 e. The molecule has 0 saturated carbocycles. The molecule has 3 aliphatic carbocycles. The van der Waals surface area contributed by atoms with Gasteiger partial charge in [0, 0.05) is 28.4 Å². The molecule has 326 valence electrons. The van der Waals surface area contributed by atoms with Gasteiger partial charge in [0.15, 0.2) is 0 Å². The summed E-state index contributed by atoms with van der Waals surface area (Å²) in [6, 6.07) is 74.0. The fourth-order valence-corrected chi connectivity index (χ4v) is 11.8. The van der Waals surface area contributed by atoms with E-state index in [2.05, 4.69) is 268 Å². The van der Waals surface area contributed by atoms with E-state index < -0.39 is 5.41 Å². The summed E-state index contributed by atoms with van der Waals surface area (Å²) in [6.45, 7) is 4.80. The maximum absolute atomic E-state index is 2.58. The Morgan fingerprint density at radius 3 is 1.76 bits per heavy atom. The second-order valence-corrected chi connectivity index (χ2v) is 18.6. The maximum atomic E-state index is 2.58. The first kappa shape index (κ1) is 42.2. The van der Waals surface area contributed by atoms with Crippen molar-refractivity contribution in [2.24, 2.45) is 5.92 Å². The first-order chi connectivity index (χ1) is 33.1. The molecule has 2 atom stereocenters. The Hall–Kier alpha value is -7.48. The van der Waals surface area contributed by atoms with E-state index in [0.717, 1.165) is 25.7 Å². The molecule has 67 heavy (non-hydrogen) atoms. The van der Waals surface area contributed by atoms with E-state index in [1.165, 1.54) is 83.5 Å². The Morgan fingerprint density at radius 2 is 1.13 bits per heavy atom. The number of allylic oxidation sites excluding steroid dienone is 8. The highest BCUT2D eigenvalue weighted by molar-refractivity contribution is 5.89. The van der Waals surface area contributed by atoms with Gasteiger partial charge in [0.05, 0.1) is 5.41 Å². The lowest BCUT2D eigenvalue weighted by Gasteiger charge is -2.37. The van der Waals surface area contributed by atoms with Crippen LogP contribution >= 0.6 is 0 Å². The van der Waals surface area contributed by atoms with Crippen LogP contribution in [0.3, 0.4) is 0 Å². The number of para-hydroxylation sites is 1. The monoisotopic (exact) mass is 863 g/mol. The van der Waals surface area contributed by atoms with Crippen LogP contribution in [-0.2, 0) is 10.8 Å². The Morgan fingerprint density at radius 1 is 0.537 bits per heavy atom. The Kier molecular flexibility index (Phi) is 11.4. The zero-order chi connectivity index (χ0) is 45.2. The van der Waals surface area contributed by atoms with Gasteiger partial charge in [-0.25, -0.2) is 0 Å². The van der Waals surface area contributed by atoms with Crippen molar-refractivity contribution in [3.63, 3.8) is 0 Å². The molecule has 11 rings (SSSR count). The standard InChI is InChI=1S/C66H57N/c1-3-65(4-2)63-45-49(33-42-61(63)62-43-41-60(47-64(62)65)67(58-26-16-8-17-27-58)59-28-18-9-19-29-59)31-30-48-32-34-53-46-52(36-35-51(53)44-48)50-37-39-57(40-38-50)66(54-20-10-5-11-21-54,55-22-12-6-13-23-55)56-24-14-7-15-25-56/h5-8,10-18,20-47,61,63H,3-4,9,19H2,1-2H3/b31-30+. The quantitative estimate of drug-likeness (QED) is 0.111. The highest BCUT2D eigenvalue weighted by Crippen LogP contribution is 2.58. The molecule has 1 nitrogen and oxygen atoms in total. The van der Waals surface area contributed by atoms with Gasteiger partial charge in [0.1, 0.15) is 0 Å². The Balaban J connectivity index is 0.861. The zero-order valence-corrected chi connectivity index (χ0v) is 38.6. The Labute approximate surface area is 397 Å². The van der Waals surface area contributed by atoms with Crippen molar-refractivity contribution in [2.75, 3.05) is 4.90 Å². The summed E-state index contributed by atoms with van der Waals surface area (Å²) >= 11 is 0. The summed E-state index contributed by atoms with van der Waals surface area (Å²) in [6.07, 6.45) is 23.4. The van der Waals surface area contributed by atoms with Crippen molar-refractivity contribution in [3.8, 4) is 11.1 Å². The lowest BCUT2D eigenvalue weighted by atomic mass is 9.65. The minimum atomic E-state index is -0.461. The van der Waals surface area contributed by atoms with Gasteiger partial charge in [0.2, 0.25) is 0 Å². The first-order valence-electron chi connectivity index (χ1n) is 24.3. The molecule has 0 radical (unpaired) electrons. The van der Waals surface area contributed by atoms with Gasteiger partial charge in [-0.1, -0.05) is 220 Å². The summed E-state index contributed by atoms with van der Waals surface area (Å²) in [4.78, 5) is 2.45. The molecule has 8 aromatic carbocycles.